The molecule has 2 unspecified atom stereocenters. The van der Waals surface area contributed by atoms with Crippen molar-refractivity contribution in [3.63, 3.8) is 0 Å². The van der Waals surface area contributed by atoms with Gasteiger partial charge in [-0.3, -0.25) is 4.90 Å². The molecule has 0 saturated carbocycles. The molecule has 0 bridgehead atoms. The van der Waals surface area contributed by atoms with E-state index in [1.807, 2.05) is 18.2 Å². The molecule has 4 rings (SSSR count). The molecule has 3 heterocycles. The van der Waals surface area contributed by atoms with Gasteiger partial charge in [0, 0.05) is 31.1 Å². The number of hydrogen-bond acceptors (Lipinski definition) is 6. The summed E-state index contributed by atoms with van der Waals surface area (Å²) in [6.45, 7) is 3.34. The molecule has 25 heavy (non-hydrogen) atoms. The summed E-state index contributed by atoms with van der Waals surface area (Å²) in [5.41, 5.74) is 0.854. The van der Waals surface area contributed by atoms with Gasteiger partial charge in [-0.15, -0.1) is 11.3 Å². The number of aliphatic hydroxyl groups excluding tert-OH is 1. The Hall–Kier alpha value is -1.60. The molecule has 1 aromatic carbocycles. The second-order valence-corrected chi connectivity index (χ2v) is 7.57. The largest absolute Gasteiger partial charge is 0.454 e. The Morgan fingerprint density at radius 3 is 2.96 bits per heavy atom. The van der Waals surface area contributed by atoms with Crippen molar-refractivity contribution < 1.29 is 19.3 Å². The molecule has 2 aromatic rings. The SMILES string of the molecule is OC(CN(Cc1cccs1)CC1CCCO1)c1ccc2c(c1)OCO2. The highest BCUT2D eigenvalue weighted by atomic mass is 32.1. The fourth-order valence-electron chi connectivity index (χ4n) is 3.37. The number of thiophene rings is 1. The van der Waals surface area contributed by atoms with Crippen LogP contribution in [0, 0.1) is 0 Å². The van der Waals surface area contributed by atoms with Gasteiger partial charge < -0.3 is 19.3 Å². The molecule has 0 amide bonds. The second-order valence-electron chi connectivity index (χ2n) is 6.54. The molecule has 0 radical (unpaired) electrons. The lowest BCUT2D eigenvalue weighted by atomic mass is 10.1. The molecule has 1 aromatic heterocycles. The first kappa shape index (κ1) is 16.8. The third-order valence-electron chi connectivity index (χ3n) is 4.66. The summed E-state index contributed by atoms with van der Waals surface area (Å²) in [5.74, 6) is 1.45. The summed E-state index contributed by atoms with van der Waals surface area (Å²) >= 11 is 1.75. The number of ether oxygens (including phenoxy) is 3. The summed E-state index contributed by atoms with van der Waals surface area (Å²) < 4.78 is 16.6. The van der Waals surface area contributed by atoms with E-state index in [0.29, 0.717) is 12.3 Å². The molecule has 6 heteroatoms. The minimum atomic E-state index is -0.573. The van der Waals surface area contributed by atoms with Crippen LogP contribution in [-0.2, 0) is 11.3 Å². The van der Waals surface area contributed by atoms with E-state index in [-0.39, 0.29) is 12.9 Å². The smallest absolute Gasteiger partial charge is 0.231 e. The van der Waals surface area contributed by atoms with Gasteiger partial charge in [-0.2, -0.15) is 0 Å². The fourth-order valence-corrected chi connectivity index (χ4v) is 4.12. The maximum atomic E-state index is 10.7. The van der Waals surface area contributed by atoms with E-state index in [1.54, 1.807) is 11.3 Å². The van der Waals surface area contributed by atoms with Crippen LogP contribution in [0.4, 0.5) is 0 Å². The zero-order chi connectivity index (χ0) is 17.1. The Kier molecular flexibility index (Phi) is 5.22. The normalized spacial score (nSPS) is 20.3. The Labute approximate surface area is 151 Å². The van der Waals surface area contributed by atoms with E-state index in [9.17, 15) is 5.11 Å². The van der Waals surface area contributed by atoms with Crippen LogP contribution in [0.3, 0.4) is 0 Å². The zero-order valence-electron chi connectivity index (χ0n) is 14.1. The maximum Gasteiger partial charge on any atom is 0.231 e. The molecular formula is C19H23NO4S. The first-order valence-electron chi connectivity index (χ1n) is 8.72. The van der Waals surface area contributed by atoms with Gasteiger partial charge in [-0.25, -0.2) is 0 Å². The third-order valence-corrected chi connectivity index (χ3v) is 5.52. The lowest BCUT2D eigenvalue weighted by Crippen LogP contribution is -2.34. The number of benzene rings is 1. The molecular weight excluding hydrogens is 338 g/mol. The van der Waals surface area contributed by atoms with Crippen LogP contribution in [-0.4, -0.2) is 42.6 Å². The zero-order valence-corrected chi connectivity index (χ0v) is 14.9. The first-order valence-corrected chi connectivity index (χ1v) is 9.60. The highest BCUT2D eigenvalue weighted by Crippen LogP contribution is 2.34. The van der Waals surface area contributed by atoms with Crippen molar-refractivity contribution in [3.8, 4) is 11.5 Å². The van der Waals surface area contributed by atoms with E-state index in [0.717, 1.165) is 43.9 Å². The monoisotopic (exact) mass is 361 g/mol. The Morgan fingerprint density at radius 1 is 1.24 bits per heavy atom. The number of rotatable bonds is 7. The van der Waals surface area contributed by atoms with Crippen LogP contribution in [0.2, 0.25) is 0 Å². The summed E-state index contributed by atoms with van der Waals surface area (Å²) in [6, 6.07) is 9.86. The van der Waals surface area contributed by atoms with Crippen LogP contribution in [0.25, 0.3) is 0 Å². The molecule has 5 nitrogen and oxygen atoms in total. The van der Waals surface area contributed by atoms with E-state index in [2.05, 4.69) is 22.4 Å². The topological polar surface area (TPSA) is 51.2 Å². The van der Waals surface area contributed by atoms with Gasteiger partial charge in [0.1, 0.15) is 0 Å². The van der Waals surface area contributed by atoms with Gasteiger partial charge in [0.25, 0.3) is 0 Å². The van der Waals surface area contributed by atoms with Gasteiger partial charge in [-0.1, -0.05) is 12.1 Å². The maximum absolute atomic E-state index is 10.7. The molecule has 1 N–H and O–H groups in total. The lowest BCUT2D eigenvalue weighted by Gasteiger charge is -2.27. The van der Waals surface area contributed by atoms with Crippen molar-refractivity contribution in [3.05, 3.63) is 46.2 Å². The third kappa shape index (κ3) is 4.15. The molecule has 2 aliphatic rings. The number of fused-ring (bicyclic) bond motifs is 1. The lowest BCUT2D eigenvalue weighted by molar-refractivity contribution is 0.0464. The van der Waals surface area contributed by atoms with E-state index < -0.39 is 6.10 Å². The van der Waals surface area contributed by atoms with Crippen LogP contribution in [0.5, 0.6) is 11.5 Å². The van der Waals surface area contributed by atoms with Crippen molar-refractivity contribution >= 4 is 11.3 Å². The average Bonchev–Trinajstić information content (AvgIpc) is 3.36. The van der Waals surface area contributed by atoms with Gasteiger partial charge in [0.2, 0.25) is 6.79 Å². The quantitative estimate of drug-likeness (QED) is 0.821. The molecule has 0 aliphatic carbocycles. The Balaban J connectivity index is 1.44. The summed E-state index contributed by atoms with van der Waals surface area (Å²) in [7, 11) is 0. The standard InChI is InChI=1S/C19H23NO4S/c21-17(14-5-6-18-19(9-14)24-13-23-18)12-20(10-15-3-1-7-22-15)11-16-4-2-8-25-16/h2,4-6,8-9,15,17,21H,1,3,7,10-13H2. The highest BCUT2D eigenvalue weighted by Gasteiger charge is 2.23. The van der Waals surface area contributed by atoms with Gasteiger partial charge in [0.05, 0.1) is 12.2 Å². The first-order chi connectivity index (χ1) is 12.3. The van der Waals surface area contributed by atoms with Gasteiger partial charge >= 0.3 is 0 Å². The molecule has 134 valence electrons. The van der Waals surface area contributed by atoms with Crippen molar-refractivity contribution in [1.29, 1.82) is 0 Å². The van der Waals surface area contributed by atoms with Crippen LogP contribution in [0.1, 0.15) is 29.4 Å². The minimum Gasteiger partial charge on any atom is -0.454 e. The van der Waals surface area contributed by atoms with Crippen LogP contribution in [0.15, 0.2) is 35.7 Å². The Bertz CT molecular complexity index is 685. The number of aliphatic hydroxyl groups is 1. The van der Waals surface area contributed by atoms with Crippen LogP contribution >= 0.6 is 11.3 Å². The highest BCUT2D eigenvalue weighted by molar-refractivity contribution is 7.09. The van der Waals surface area contributed by atoms with Gasteiger partial charge in [-0.05, 0) is 42.0 Å². The summed E-state index contributed by atoms with van der Waals surface area (Å²) in [4.78, 5) is 3.59. The summed E-state index contributed by atoms with van der Waals surface area (Å²) in [6.07, 6.45) is 1.92. The molecule has 2 aliphatic heterocycles. The van der Waals surface area contributed by atoms with E-state index in [1.165, 1.54) is 4.88 Å². The molecule has 1 fully saturated rings. The summed E-state index contributed by atoms with van der Waals surface area (Å²) in [5, 5.41) is 12.8. The predicted octanol–water partition coefficient (Wildman–Crippen LogP) is 3.19. The van der Waals surface area contributed by atoms with Crippen molar-refractivity contribution in [2.45, 2.75) is 31.6 Å². The number of hydrogen-bond donors (Lipinski definition) is 1. The van der Waals surface area contributed by atoms with Crippen molar-refractivity contribution in [2.24, 2.45) is 0 Å². The average molecular weight is 361 g/mol. The van der Waals surface area contributed by atoms with E-state index in [4.69, 9.17) is 14.2 Å². The number of nitrogens with zero attached hydrogens (tertiary/aromatic N) is 1. The van der Waals surface area contributed by atoms with Gasteiger partial charge in [0.15, 0.2) is 11.5 Å². The molecule has 2 atom stereocenters. The van der Waals surface area contributed by atoms with Crippen molar-refractivity contribution in [2.75, 3.05) is 26.5 Å². The fraction of sp³-hybridized carbons (Fsp3) is 0.474. The predicted molar refractivity (Wildman–Crippen MR) is 96.1 cm³/mol. The molecule has 0 spiro atoms. The molecule has 1 saturated heterocycles. The van der Waals surface area contributed by atoms with Crippen LogP contribution < -0.4 is 9.47 Å². The second kappa shape index (κ2) is 7.74. The van der Waals surface area contributed by atoms with Crippen molar-refractivity contribution in [1.82, 2.24) is 4.90 Å². The minimum absolute atomic E-state index is 0.248. The van der Waals surface area contributed by atoms with E-state index >= 15 is 0 Å². The Morgan fingerprint density at radius 2 is 2.16 bits per heavy atom.